The molecule has 1 rings (SSSR count). The number of hydrogen-bond acceptors (Lipinski definition) is 2. The molecule has 0 amide bonds. The molecule has 1 fully saturated rings. The lowest BCUT2D eigenvalue weighted by Gasteiger charge is -2.10. The van der Waals surface area contributed by atoms with E-state index in [9.17, 15) is 0 Å². The van der Waals surface area contributed by atoms with Gasteiger partial charge in [-0.2, -0.15) is 0 Å². The second-order valence-corrected chi connectivity index (χ2v) is 2.86. The van der Waals surface area contributed by atoms with Crippen molar-refractivity contribution in [2.45, 2.75) is 0 Å². The van der Waals surface area contributed by atoms with Crippen LogP contribution in [0.4, 0.5) is 0 Å². The predicted molar refractivity (Wildman–Crippen MR) is 40.6 cm³/mol. The third-order valence-corrected chi connectivity index (χ3v) is 2.09. The van der Waals surface area contributed by atoms with E-state index in [1.165, 1.54) is 0 Å². The van der Waals surface area contributed by atoms with Crippen molar-refractivity contribution in [3.8, 4) is 12.3 Å². The Kier molecular flexibility index (Phi) is 2.01. The van der Waals surface area contributed by atoms with E-state index in [4.69, 9.17) is 11.8 Å². The van der Waals surface area contributed by atoms with Gasteiger partial charge < -0.3 is 4.90 Å². The Bertz CT molecular complexity index is 159. The van der Waals surface area contributed by atoms with Gasteiger partial charge in [0.2, 0.25) is 0 Å². The molecule has 0 atom stereocenters. The van der Waals surface area contributed by atoms with Gasteiger partial charge in [-0.25, -0.2) is 0 Å². The highest BCUT2D eigenvalue weighted by molar-refractivity contribution is 8.14. The van der Waals surface area contributed by atoms with Gasteiger partial charge in [-0.15, -0.1) is 6.42 Å². The summed E-state index contributed by atoms with van der Waals surface area (Å²) >= 11 is 1.56. The Morgan fingerprint density at radius 3 is 3.11 bits per heavy atom. The van der Waals surface area contributed by atoms with Crippen LogP contribution in [-0.2, 0) is 0 Å². The monoisotopic (exact) mass is 140 g/mol. The number of amidine groups is 1. The number of thioether (sulfide) groups is 1. The van der Waals surface area contributed by atoms with Crippen molar-refractivity contribution in [3.63, 3.8) is 0 Å². The fraction of sp³-hybridized carbons (Fsp3) is 0.500. The SMILES string of the molecule is C#CCN1CCSC1=N. The summed E-state index contributed by atoms with van der Waals surface area (Å²) < 4.78 is 0. The Balaban J connectivity index is 2.42. The van der Waals surface area contributed by atoms with Crippen LogP contribution in [0.3, 0.4) is 0 Å². The minimum absolute atomic E-state index is 0.589. The van der Waals surface area contributed by atoms with E-state index in [2.05, 4.69) is 5.92 Å². The summed E-state index contributed by atoms with van der Waals surface area (Å²) in [6.45, 7) is 1.53. The lowest BCUT2D eigenvalue weighted by Crippen LogP contribution is -2.23. The van der Waals surface area contributed by atoms with Crippen molar-refractivity contribution in [1.82, 2.24) is 4.90 Å². The first-order valence-electron chi connectivity index (χ1n) is 2.74. The van der Waals surface area contributed by atoms with Gasteiger partial charge in [0, 0.05) is 12.3 Å². The van der Waals surface area contributed by atoms with Crippen LogP contribution in [0.5, 0.6) is 0 Å². The highest BCUT2D eigenvalue weighted by atomic mass is 32.2. The van der Waals surface area contributed by atoms with Gasteiger partial charge in [0.25, 0.3) is 0 Å². The van der Waals surface area contributed by atoms with Crippen molar-refractivity contribution < 1.29 is 0 Å². The molecule has 0 aromatic carbocycles. The number of hydrogen-bond donors (Lipinski definition) is 1. The van der Waals surface area contributed by atoms with Gasteiger partial charge >= 0.3 is 0 Å². The van der Waals surface area contributed by atoms with E-state index in [-0.39, 0.29) is 0 Å². The fourth-order valence-electron chi connectivity index (χ4n) is 0.706. The Morgan fingerprint density at radius 2 is 2.67 bits per heavy atom. The smallest absolute Gasteiger partial charge is 0.157 e. The molecule has 0 bridgehead atoms. The summed E-state index contributed by atoms with van der Waals surface area (Å²) in [4.78, 5) is 1.89. The van der Waals surface area contributed by atoms with Crippen LogP contribution in [0, 0.1) is 17.8 Å². The quantitative estimate of drug-likeness (QED) is 0.540. The van der Waals surface area contributed by atoms with Crippen LogP contribution in [0.25, 0.3) is 0 Å². The molecule has 0 aliphatic carbocycles. The van der Waals surface area contributed by atoms with Crippen LogP contribution in [0.1, 0.15) is 0 Å². The topological polar surface area (TPSA) is 27.1 Å². The molecule has 1 saturated heterocycles. The molecular formula is C6H8N2S. The van der Waals surface area contributed by atoms with Crippen LogP contribution in [0.15, 0.2) is 0 Å². The number of nitrogens with zero attached hydrogens (tertiary/aromatic N) is 1. The highest BCUT2D eigenvalue weighted by Crippen LogP contribution is 2.14. The van der Waals surface area contributed by atoms with Crippen LogP contribution in [-0.4, -0.2) is 28.9 Å². The second-order valence-electron chi connectivity index (χ2n) is 1.78. The molecule has 0 spiro atoms. The maximum Gasteiger partial charge on any atom is 0.157 e. The Labute approximate surface area is 59.1 Å². The summed E-state index contributed by atoms with van der Waals surface area (Å²) in [5.41, 5.74) is 0. The molecule has 0 unspecified atom stereocenters. The minimum Gasteiger partial charge on any atom is -0.340 e. The molecule has 0 radical (unpaired) electrons. The number of terminal acetylenes is 1. The van der Waals surface area contributed by atoms with E-state index in [1.807, 2.05) is 4.90 Å². The van der Waals surface area contributed by atoms with Crippen molar-refractivity contribution >= 4 is 16.9 Å². The minimum atomic E-state index is 0.589. The summed E-state index contributed by atoms with van der Waals surface area (Å²) in [6.07, 6.45) is 5.07. The Hall–Kier alpha value is -0.620. The standard InChI is InChI=1S/C6H8N2S/c1-2-3-8-4-5-9-6(8)7/h1,7H,3-5H2. The molecule has 0 aromatic rings. The molecule has 1 aliphatic rings. The molecular weight excluding hydrogens is 132 g/mol. The first-order chi connectivity index (χ1) is 4.34. The summed E-state index contributed by atoms with van der Waals surface area (Å²) in [5, 5.41) is 7.92. The third kappa shape index (κ3) is 1.39. The Morgan fingerprint density at radius 1 is 1.89 bits per heavy atom. The molecule has 1 N–H and O–H groups in total. The molecule has 3 heteroatoms. The van der Waals surface area contributed by atoms with Crippen LogP contribution in [0.2, 0.25) is 0 Å². The average molecular weight is 140 g/mol. The second kappa shape index (κ2) is 2.79. The largest absolute Gasteiger partial charge is 0.340 e. The van der Waals surface area contributed by atoms with Gasteiger partial charge in [0.05, 0.1) is 6.54 Å². The van der Waals surface area contributed by atoms with E-state index < -0.39 is 0 Å². The van der Waals surface area contributed by atoms with E-state index >= 15 is 0 Å². The zero-order valence-corrected chi connectivity index (χ0v) is 5.87. The fourth-order valence-corrected chi connectivity index (χ4v) is 1.55. The maximum atomic E-state index is 7.30. The van der Waals surface area contributed by atoms with Crippen LogP contribution >= 0.6 is 11.8 Å². The summed E-state index contributed by atoms with van der Waals surface area (Å²) in [5.74, 6) is 3.53. The van der Waals surface area contributed by atoms with Gasteiger partial charge in [-0.05, 0) is 0 Å². The lowest BCUT2D eigenvalue weighted by atomic mass is 10.5. The number of nitrogens with one attached hydrogen (secondary N) is 1. The first kappa shape index (κ1) is 6.50. The van der Waals surface area contributed by atoms with Gasteiger partial charge in [0.1, 0.15) is 0 Å². The highest BCUT2D eigenvalue weighted by Gasteiger charge is 2.15. The van der Waals surface area contributed by atoms with E-state index in [0.29, 0.717) is 11.7 Å². The van der Waals surface area contributed by atoms with Crippen molar-refractivity contribution in [2.24, 2.45) is 0 Å². The van der Waals surface area contributed by atoms with Crippen LogP contribution < -0.4 is 0 Å². The van der Waals surface area contributed by atoms with Crippen molar-refractivity contribution in [1.29, 1.82) is 5.41 Å². The molecule has 0 saturated carbocycles. The molecule has 1 heterocycles. The predicted octanol–water partition coefficient (Wildman–Crippen LogP) is 0.603. The zero-order chi connectivity index (χ0) is 6.69. The first-order valence-corrected chi connectivity index (χ1v) is 3.73. The van der Waals surface area contributed by atoms with Gasteiger partial charge in [-0.3, -0.25) is 5.41 Å². The molecule has 48 valence electrons. The third-order valence-electron chi connectivity index (χ3n) is 1.17. The van der Waals surface area contributed by atoms with Crippen molar-refractivity contribution in [2.75, 3.05) is 18.8 Å². The van der Waals surface area contributed by atoms with Crippen molar-refractivity contribution in [3.05, 3.63) is 0 Å². The number of rotatable bonds is 1. The summed E-state index contributed by atoms with van der Waals surface area (Å²) in [6, 6.07) is 0. The maximum absolute atomic E-state index is 7.30. The normalized spacial score (nSPS) is 18.1. The summed E-state index contributed by atoms with van der Waals surface area (Å²) in [7, 11) is 0. The van der Waals surface area contributed by atoms with E-state index in [1.54, 1.807) is 11.8 Å². The average Bonchev–Trinajstić information content (AvgIpc) is 2.18. The lowest BCUT2D eigenvalue weighted by molar-refractivity contribution is 0.518. The molecule has 9 heavy (non-hydrogen) atoms. The van der Waals surface area contributed by atoms with E-state index in [0.717, 1.165) is 12.3 Å². The molecule has 0 aromatic heterocycles. The van der Waals surface area contributed by atoms with Gasteiger partial charge in [-0.1, -0.05) is 17.7 Å². The molecule has 1 aliphatic heterocycles. The van der Waals surface area contributed by atoms with Gasteiger partial charge in [0.15, 0.2) is 5.17 Å². The molecule has 2 nitrogen and oxygen atoms in total. The zero-order valence-electron chi connectivity index (χ0n) is 5.05.